The van der Waals surface area contributed by atoms with Crippen molar-refractivity contribution in [1.82, 2.24) is 0 Å². The van der Waals surface area contributed by atoms with Gasteiger partial charge in [0.2, 0.25) is 5.75 Å². The number of methoxy groups -OCH3 is 4. The average Bonchev–Trinajstić information content (AvgIpc) is 3.64. The maximum absolute atomic E-state index is 13.6. The van der Waals surface area contributed by atoms with Gasteiger partial charge in [-0.3, -0.25) is 4.84 Å². The zero-order chi connectivity index (χ0) is 34.8. The Bertz CT molecular complexity index is 1700. The minimum absolute atomic E-state index is 0.0507. The van der Waals surface area contributed by atoms with Crippen molar-refractivity contribution in [3.05, 3.63) is 119 Å². The molecule has 1 saturated heterocycles. The zero-order valence-electron chi connectivity index (χ0n) is 28.6. The van der Waals surface area contributed by atoms with Crippen LogP contribution in [0.5, 0.6) is 34.5 Å². The van der Waals surface area contributed by atoms with Gasteiger partial charge in [0.1, 0.15) is 0 Å². The molecule has 1 aliphatic heterocycles. The quantitative estimate of drug-likeness (QED) is 0.0770. The molecule has 3 unspecified atom stereocenters. The number of para-hydroxylation sites is 1. The van der Waals surface area contributed by atoms with Crippen LogP contribution in [0, 0.1) is 0 Å². The lowest BCUT2D eigenvalue weighted by Gasteiger charge is -2.21. The number of hydroxylamine groups is 4. The van der Waals surface area contributed by atoms with Crippen molar-refractivity contribution < 1.29 is 48.1 Å². The largest absolute Gasteiger partial charge is 0.493 e. The predicted octanol–water partition coefficient (Wildman–Crippen LogP) is 7.85. The summed E-state index contributed by atoms with van der Waals surface area (Å²) in [5, 5.41) is 11.6. The second-order valence-corrected chi connectivity index (χ2v) is 11.6. The predicted molar refractivity (Wildman–Crippen MR) is 184 cm³/mol. The molecular formula is C39H44NO9+. The summed E-state index contributed by atoms with van der Waals surface area (Å²) in [6.45, 7) is 3.02. The first-order valence-electron chi connectivity index (χ1n) is 16.2. The number of hydrogen-bond donors (Lipinski definition) is 1. The van der Waals surface area contributed by atoms with E-state index in [1.807, 2.05) is 31.2 Å². The van der Waals surface area contributed by atoms with Crippen molar-refractivity contribution in [3.63, 3.8) is 0 Å². The standard InChI is InChI=1S/C39H44NO9/c1-6-20-47-37-28(16-13-19-40(42,49-32-17-11-8-12-18-32)39(41)27-14-9-7-10-15-27)21-29(22-34(37)43-2)31-25-33(48-26-31)30-23-35(44-3)38(46-5)36(24-30)45-4/h7-15,17-19,21-24,31,33,42H,6,16,20,25-26H2,1-5H3/q+1. The number of benzene rings is 4. The van der Waals surface area contributed by atoms with Crippen LogP contribution >= 0.6 is 0 Å². The second-order valence-electron chi connectivity index (χ2n) is 11.6. The van der Waals surface area contributed by atoms with Crippen LogP contribution < -0.4 is 28.5 Å². The van der Waals surface area contributed by atoms with Crippen LogP contribution in [0.2, 0.25) is 0 Å². The summed E-state index contributed by atoms with van der Waals surface area (Å²) in [5.74, 6) is 2.60. The molecule has 0 spiro atoms. The van der Waals surface area contributed by atoms with Gasteiger partial charge in [0.25, 0.3) is 0 Å². The van der Waals surface area contributed by atoms with E-state index in [-0.39, 0.29) is 12.0 Å². The molecule has 3 atom stereocenters. The SMILES string of the molecule is CCCOc1c(CC=C[N+](O)(Oc2ccccc2)C(=O)c2ccccc2)cc(C2COC(c3cc(OC)c(OC)c(OC)c3)C2)cc1OC. The summed E-state index contributed by atoms with van der Waals surface area (Å²) >= 11 is 0. The van der Waals surface area contributed by atoms with E-state index in [9.17, 15) is 10.0 Å². The number of quaternary nitrogens is 1. The Kier molecular flexibility index (Phi) is 11.8. The molecule has 4 aromatic carbocycles. The van der Waals surface area contributed by atoms with Crippen LogP contribution in [0.25, 0.3) is 0 Å². The Hall–Kier alpha value is -5.03. The minimum Gasteiger partial charge on any atom is -0.493 e. The van der Waals surface area contributed by atoms with Crippen LogP contribution in [0.15, 0.2) is 97.2 Å². The van der Waals surface area contributed by atoms with E-state index in [0.29, 0.717) is 66.1 Å². The van der Waals surface area contributed by atoms with Gasteiger partial charge in [-0.15, -0.1) is 0 Å². The van der Waals surface area contributed by atoms with Gasteiger partial charge in [-0.1, -0.05) is 49.4 Å². The molecular weight excluding hydrogens is 626 g/mol. The molecule has 258 valence electrons. The second kappa shape index (κ2) is 16.4. The maximum atomic E-state index is 13.6. The lowest BCUT2D eigenvalue weighted by Crippen LogP contribution is -2.48. The van der Waals surface area contributed by atoms with Crippen molar-refractivity contribution in [2.45, 2.75) is 38.2 Å². The number of carbonyl (C=O) groups is 1. The Morgan fingerprint density at radius 3 is 2.06 bits per heavy atom. The number of nitrogens with zero attached hydrogens (tertiary/aromatic N) is 1. The van der Waals surface area contributed by atoms with Gasteiger partial charge >= 0.3 is 5.91 Å². The van der Waals surface area contributed by atoms with E-state index in [1.54, 1.807) is 89.1 Å². The first-order valence-corrected chi connectivity index (χ1v) is 16.2. The first kappa shape index (κ1) is 35.3. The highest BCUT2D eigenvalue weighted by atomic mass is 16.9. The number of hydrogen-bond acceptors (Lipinski definition) is 9. The number of carbonyl (C=O) groups excluding carboxylic acids is 1. The Morgan fingerprint density at radius 2 is 1.45 bits per heavy atom. The molecule has 0 bridgehead atoms. The molecule has 1 amide bonds. The van der Waals surface area contributed by atoms with Gasteiger partial charge < -0.3 is 28.4 Å². The maximum Gasteiger partial charge on any atom is 0.425 e. The summed E-state index contributed by atoms with van der Waals surface area (Å²) < 4.78 is 35.0. The molecule has 0 saturated carbocycles. The summed E-state index contributed by atoms with van der Waals surface area (Å²) in [5.41, 5.74) is 3.07. The molecule has 10 nitrogen and oxygen atoms in total. The third-order valence-corrected chi connectivity index (χ3v) is 8.30. The van der Waals surface area contributed by atoms with E-state index in [4.69, 9.17) is 33.3 Å². The van der Waals surface area contributed by atoms with Crippen molar-refractivity contribution >= 4 is 5.91 Å². The average molecular weight is 671 g/mol. The number of ether oxygens (including phenoxy) is 6. The fourth-order valence-electron chi connectivity index (χ4n) is 5.84. The van der Waals surface area contributed by atoms with Gasteiger partial charge in [0, 0.05) is 11.5 Å². The summed E-state index contributed by atoms with van der Waals surface area (Å²) in [4.78, 5) is 18.0. The molecule has 4 aromatic rings. The van der Waals surface area contributed by atoms with Gasteiger partial charge in [0.15, 0.2) is 34.9 Å². The van der Waals surface area contributed by atoms with Gasteiger partial charge in [-0.25, -0.2) is 4.79 Å². The Morgan fingerprint density at radius 1 is 0.837 bits per heavy atom. The fourth-order valence-corrected chi connectivity index (χ4v) is 5.84. The lowest BCUT2D eigenvalue weighted by atomic mass is 9.91. The van der Waals surface area contributed by atoms with Gasteiger partial charge in [-0.05, 0) is 78.9 Å². The highest BCUT2D eigenvalue weighted by Crippen LogP contribution is 2.46. The van der Waals surface area contributed by atoms with E-state index >= 15 is 0 Å². The van der Waals surface area contributed by atoms with Gasteiger partial charge in [0.05, 0.1) is 58.1 Å². The number of allylic oxidation sites excluding steroid dienone is 1. The van der Waals surface area contributed by atoms with E-state index in [1.165, 1.54) is 6.20 Å². The highest BCUT2D eigenvalue weighted by molar-refractivity contribution is 5.88. The molecule has 5 rings (SSSR count). The molecule has 1 fully saturated rings. The number of rotatable bonds is 15. The van der Waals surface area contributed by atoms with Crippen molar-refractivity contribution in [1.29, 1.82) is 0 Å². The highest BCUT2D eigenvalue weighted by Gasteiger charge is 2.39. The molecule has 0 aliphatic carbocycles. The normalized spacial score (nSPS) is 16.9. The smallest absolute Gasteiger partial charge is 0.425 e. The summed E-state index contributed by atoms with van der Waals surface area (Å²) in [6.07, 6.45) is 4.67. The van der Waals surface area contributed by atoms with Crippen LogP contribution in [0.4, 0.5) is 0 Å². The van der Waals surface area contributed by atoms with Crippen molar-refractivity contribution in [2.24, 2.45) is 0 Å². The van der Waals surface area contributed by atoms with Crippen molar-refractivity contribution in [2.75, 3.05) is 41.7 Å². The van der Waals surface area contributed by atoms with E-state index < -0.39 is 10.7 Å². The van der Waals surface area contributed by atoms with Crippen LogP contribution in [-0.4, -0.2) is 57.6 Å². The molecule has 1 aliphatic rings. The lowest BCUT2D eigenvalue weighted by molar-refractivity contribution is -1.13. The Labute approximate surface area is 287 Å². The van der Waals surface area contributed by atoms with E-state index in [0.717, 1.165) is 23.1 Å². The monoisotopic (exact) mass is 670 g/mol. The Balaban J connectivity index is 1.45. The third kappa shape index (κ3) is 8.17. The van der Waals surface area contributed by atoms with Crippen LogP contribution in [0.1, 0.15) is 58.8 Å². The fraction of sp³-hybridized carbons (Fsp3) is 0.308. The summed E-state index contributed by atoms with van der Waals surface area (Å²) in [7, 11) is 6.38. The molecule has 1 heterocycles. The van der Waals surface area contributed by atoms with Crippen LogP contribution in [-0.2, 0) is 11.2 Å². The first-order chi connectivity index (χ1) is 23.8. The third-order valence-electron chi connectivity index (χ3n) is 8.30. The molecule has 1 N–H and O–H groups in total. The van der Waals surface area contributed by atoms with Crippen LogP contribution in [0.3, 0.4) is 0 Å². The molecule has 0 radical (unpaired) electrons. The molecule has 0 aromatic heterocycles. The van der Waals surface area contributed by atoms with Gasteiger partial charge in [-0.2, -0.15) is 5.21 Å². The van der Waals surface area contributed by atoms with E-state index in [2.05, 4.69) is 6.07 Å². The molecule has 49 heavy (non-hydrogen) atoms. The minimum atomic E-state index is -1.41. The summed E-state index contributed by atoms with van der Waals surface area (Å²) in [6, 6.07) is 25.2. The molecule has 10 heteroatoms. The van der Waals surface area contributed by atoms with Crippen molar-refractivity contribution in [3.8, 4) is 34.5 Å². The zero-order valence-corrected chi connectivity index (χ0v) is 28.6. The number of amides is 1. The topological polar surface area (TPSA) is 102 Å².